The van der Waals surface area contributed by atoms with Crippen LogP contribution < -0.4 is 0 Å². The van der Waals surface area contributed by atoms with Gasteiger partial charge in [-0.05, 0) is 17.7 Å². The third-order valence-electron chi connectivity index (χ3n) is 3.64. The predicted molar refractivity (Wildman–Crippen MR) is 87.5 cm³/mol. The summed E-state index contributed by atoms with van der Waals surface area (Å²) >= 11 is 0. The topological polar surface area (TPSA) is 51.0 Å². The maximum Gasteiger partial charge on any atom is 0.273 e. The summed E-state index contributed by atoms with van der Waals surface area (Å²) in [5.41, 5.74) is 1.52. The first kappa shape index (κ1) is 15.0. The molecule has 2 aromatic heterocycles. The van der Waals surface area contributed by atoms with E-state index in [4.69, 9.17) is 0 Å². The lowest BCUT2D eigenvalue weighted by atomic mass is 10.2. The summed E-state index contributed by atoms with van der Waals surface area (Å²) in [6, 6.07) is 15.3. The SMILES string of the molecule is Cn1ccnc1CN(Cc1ccccc1)C(=O)c1ccccn1. The molecule has 0 atom stereocenters. The van der Waals surface area contributed by atoms with Crippen LogP contribution in [0.4, 0.5) is 0 Å². The van der Waals surface area contributed by atoms with Gasteiger partial charge in [0.05, 0.1) is 6.54 Å². The molecule has 0 unspecified atom stereocenters. The highest BCUT2D eigenvalue weighted by Gasteiger charge is 2.19. The Hall–Kier alpha value is -2.95. The largest absolute Gasteiger partial charge is 0.337 e. The highest BCUT2D eigenvalue weighted by molar-refractivity contribution is 5.92. The van der Waals surface area contributed by atoms with E-state index in [-0.39, 0.29) is 5.91 Å². The van der Waals surface area contributed by atoms with Crippen molar-refractivity contribution in [3.63, 3.8) is 0 Å². The van der Waals surface area contributed by atoms with Crippen molar-refractivity contribution in [3.8, 4) is 0 Å². The van der Waals surface area contributed by atoms with Crippen molar-refractivity contribution < 1.29 is 4.79 Å². The highest BCUT2D eigenvalue weighted by Crippen LogP contribution is 2.12. The van der Waals surface area contributed by atoms with Crippen LogP contribution in [-0.4, -0.2) is 25.3 Å². The average molecular weight is 306 g/mol. The lowest BCUT2D eigenvalue weighted by Crippen LogP contribution is -2.31. The fourth-order valence-electron chi connectivity index (χ4n) is 2.37. The van der Waals surface area contributed by atoms with Crippen LogP contribution in [0.5, 0.6) is 0 Å². The first-order valence-corrected chi connectivity index (χ1v) is 7.44. The van der Waals surface area contributed by atoms with E-state index in [1.807, 2.05) is 54.2 Å². The van der Waals surface area contributed by atoms with Gasteiger partial charge in [0.1, 0.15) is 11.5 Å². The monoisotopic (exact) mass is 306 g/mol. The Kier molecular flexibility index (Phi) is 4.47. The minimum Gasteiger partial charge on any atom is -0.337 e. The molecule has 0 radical (unpaired) electrons. The third-order valence-corrected chi connectivity index (χ3v) is 3.64. The Morgan fingerprint density at radius 3 is 2.43 bits per heavy atom. The summed E-state index contributed by atoms with van der Waals surface area (Å²) in [6.07, 6.45) is 5.25. The zero-order valence-electron chi connectivity index (χ0n) is 13.0. The van der Waals surface area contributed by atoms with Gasteiger partial charge in [-0.25, -0.2) is 4.98 Å². The molecule has 23 heavy (non-hydrogen) atoms. The number of carbonyl (C=O) groups is 1. The molecular formula is C18H18N4O. The van der Waals surface area contributed by atoms with Crippen molar-refractivity contribution in [2.24, 2.45) is 7.05 Å². The molecule has 0 aliphatic heterocycles. The molecule has 1 aromatic carbocycles. The van der Waals surface area contributed by atoms with Gasteiger partial charge in [0, 0.05) is 32.2 Å². The van der Waals surface area contributed by atoms with Crippen molar-refractivity contribution in [2.75, 3.05) is 0 Å². The molecule has 1 amide bonds. The molecule has 0 aliphatic carbocycles. The molecule has 0 saturated heterocycles. The molecule has 2 heterocycles. The van der Waals surface area contributed by atoms with Crippen LogP contribution >= 0.6 is 0 Å². The molecule has 5 heteroatoms. The molecule has 0 bridgehead atoms. The summed E-state index contributed by atoms with van der Waals surface area (Å²) in [5.74, 6) is 0.739. The van der Waals surface area contributed by atoms with Gasteiger partial charge >= 0.3 is 0 Å². The van der Waals surface area contributed by atoms with Crippen molar-refractivity contribution in [1.82, 2.24) is 19.4 Å². The van der Waals surface area contributed by atoms with Gasteiger partial charge in [-0.3, -0.25) is 9.78 Å². The minimum atomic E-state index is -0.0996. The van der Waals surface area contributed by atoms with E-state index in [1.165, 1.54) is 0 Å². The number of aryl methyl sites for hydroxylation is 1. The van der Waals surface area contributed by atoms with E-state index in [9.17, 15) is 4.79 Å². The molecule has 0 spiro atoms. The maximum atomic E-state index is 12.8. The lowest BCUT2D eigenvalue weighted by molar-refractivity contribution is 0.0718. The summed E-state index contributed by atoms with van der Waals surface area (Å²) in [4.78, 5) is 23.1. The van der Waals surface area contributed by atoms with E-state index < -0.39 is 0 Å². The quantitative estimate of drug-likeness (QED) is 0.728. The van der Waals surface area contributed by atoms with E-state index in [2.05, 4.69) is 9.97 Å². The summed E-state index contributed by atoms with van der Waals surface area (Å²) in [6.45, 7) is 0.955. The average Bonchev–Trinajstić information content (AvgIpc) is 3.00. The Morgan fingerprint density at radius 1 is 1.00 bits per heavy atom. The molecule has 5 nitrogen and oxygen atoms in total. The summed E-state index contributed by atoms with van der Waals surface area (Å²) in [7, 11) is 1.92. The normalized spacial score (nSPS) is 10.5. The Balaban J connectivity index is 1.86. The van der Waals surface area contributed by atoms with Gasteiger partial charge in [-0.15, -0.1) is 0 Å². The number of aromatic nitrogens is 3. The molecule has 0 N–H and O–H groups in total. The Labute approximate surface area is 135 Å². The fourth-order valence-corrected chi connectivity index (χ4v) is 2.37. The number of nitrogens with zero attached hydrogens (tertiary/aromatic N) is 4. The van der Waals surface area contributed by atoms with Crippen LogP contribution in [0.25, 0.3) is 0 Å². The highest BCUT2D eigenvalue weighted by atomic mass is 16.2. The number of carbonyl (C=O) groups excluding carboxylic acids is 1. The van der Waals surface area contributed by atoms with Crippen LogP contribution in [0.15, 0.2) is 67.1 Å². The number of benzene rings is 1. The predicted octanol–water partition coefficient (Wildman–Crippen LogP) is 2.66. The Bertz CT molecular complexity index is 768. The minimum absolute atomic E-state index is 0.0996. The van der Waals surface area contributed by atoms with Crippen LogP contribution in [0.2, 0.25) is 0 Å². The summed E-state index contributed by atoms with van der Waals surface area (Å²) in [5, 5.41) is 0. The van der Waals surface area contributed by atoms with Crippen molar-refractivity contribution in [1.29, 1.82) is 0 Å². The molecule has 0 fully saturated rings. The van der Waals surface area contributed by atoms with Gasteiger partial charge in [0.15, 0.2) is 0 Å². The van der Waals surface area contributed by atoms with Gasteiger partial charge in [-0.2, -0.15) is 0 Å². The number of rotatable bonds is 5. The molecule has 0 saturated carbocycles. The second kappa shape index (κ2) is 6.87. The summed E-state index contributed by atoms with van der Waals surface area (Å²) < 4.78 is 1.92. The van der Waals surface area contributed by atoms with Gasteiger partial charge < -0.3 is 9.47 Å². The van der Waals surface area contributed by atoms with E-state index in [0.717, 1.165) is 11.4 Å². The zero-order chi connectivity index (χ0) is 16.1. The molecule has 0 aliphatic rings. The first-order chi connectivity index (χ1) is 11.2. The smallest absolute Gasteiger partial charge is 0.273 e. The number of amides is 1. The van der Waals surface area contributed by atoms with Crippen LogP contribution in [0, 0.1) is 0 Å². The second-order valence-electron chi connectivity index (χ2n) is 5.32. The van der Waals surface area contributed by atoms with E-state index in [0.29, 0.717) is 18.8 Å². The molecule has 3 aromatic rings. The van der Waals surface area contributed by atoms with Gasteiger partial charge in [0.25, 0.3) is 5.91 Å². The van der Waals surface area contributed by atoms with Crippen molar-refractivity contribution in [3.05, 3.63) is 84.2 Å². The number of pyridine rings is 1. The van der Waals surface area contributed by atoms with Crippen LogP contribution in [-0.2, 0) is 20.1 Å². The number of hydrogen-bond acceptors (Lipinski definition) is 3. The van der Waals surface area contributed by atoms with E-state index in [1.54, 1.807) is 29.4 Å². The van der Waals surface area contributed by atoms with Gasteiger partial charge in [-0.1, -0.05) is 36.4 Å². The van der Waals surface area contributed by atoms with Crippen LogP contribution in [0.3, 0.4) is 0 Å². The Morgan fingerprint density at radius 2 is 1.78 bits per heavy atom. The van der Waals surface area contributed by atoms with Crippen molar-refractivity contribution in [2.45, 2.75) is 13.1 Å². The van der Waals surface area contributed by atoms with Crippen molar-refractivity contribution >= 4 is 5.91 Å². The first-order valence-electron chi connectivity index (χ1n) is 7.44. The standard InChI is InChI=1S/C18H18N4O/c1-21-12-11-20-17(21)14-22(13-15-7-3-2-4-8-15)18(23)16-9-5-6-10-19-16/h2-12H,13-14H2,1H3. The molecule has 116 valence electrons. The second-order valence-corrected chi connectivity index (χ2v) is 5.32. The molecular weight excluding hydrogens is 288 g/mol. The number of hydrogen-bond donors (Lipinski definition) is 0. The third kappa shape index (κ3) is 3.63. The number of imidazole rings is 1. The van der Waals surface area contributed by atoms with Gasteiger partial charge in [0.2, 0.25) is 0 Å². The van der Waals surface area contributed by atoms with E-state index >= 15 is 0 Å². The molecule has 3 rings (SSSR count). The fraction of sp³-hybridized carbons (Fsp3) is 0.167. The zero-order valence-corrected chi connectivity index (χ0v) is 13.0. The lowest BCUT2D eigenvalue weighted by Gasteiger charge is -2.22. The maximum absolute atomic E-state index is 12.8. The van der Waals surface area contributed by atoms with Crippen LogP contribution in [0.1, 0.15) is 21.9 Å².